The molecule has 1 fully saturated rings. The van der Waals surface area contributed by atoms with E-state index >= 15 is 0 Å². The Morgan fingerprint density at radius 1 is 1.26 bits per heavy atom. The first-order valence-corrected chi connectivity index (χ1v) is 9.41. The molecule has 1 aliphatic carbocycles. The first kappa shape index (κ1) is 17.7. The Morgan fingerprint density at radius 2 is 1.96 bits per heavy atom. The van der Waals surface area contributed by atoms with E-state index in [1.54, 1.807) is 12.1 Å². The van der Waals surface area contributed by atoms with Gasteiger partial charge in [0.2, 0.25) is 10.0 Å². The average molecular weight is 338 g/mol. The number of nitrogens with zero attached hydrogens (tertiary/aromatic N) is 2. The summed E-state index contributed by atoms with van der Waals surface area (Å²) in [6, 6.07) is 7.01. The number of rotatable bonds is 7. The van der Waals surface area contributed by atoms with Crippen molar-refractivity contribution < 1.29 is 8.42 Å². The summed E-state index contributed by atoms with van der Waals surface area (Å²) in [5.41, 5.74) is 0.699. The Hall–Kier alpha value is -1.60. The van der Waals surface area contributed by atoms with E-state index in [-0.39, 0.29) is 0 Å². The van der Waals surface area contributed by atoms with Crippen molar-refractivity contribution in [3.8, 4) is 0 Å². The van der Waals surface area contributed by atoms with E-state index in [2.05, 4.69) is 15.6 Å². The molecule has 0 atom stereocenters. The van der Waals surface area contributed by atoms with Gasteiger partial charge in [-0.25, -0.2) is 17.7 Å². The van der Waals surface area contributed by atoms with Gasteiger partial charge in [-0.2, -0.15) is 0 Å². The fourth-order valence-corrected chi connectivity index (χ4v) is 3.26. The summed E-state index contributed by atoms with van der Waals surface area (Å²) in [6.07, 6.45) is 2.55. The van der Waals surface area contributed by atoms with Crippen molar-refractivity contribution in [2.24, 2.45) is 10.9 Å². The van der Waals surface area contributed by atoms with Crippen molar-refractivity contribution in [1.82, 2.24) is 14.9 Å². The topological polar surface area (TPSA) is 73.8 Å². The lowest BCUT2D eigenvalue weighted by atomic mass is 10.2. The van der Waals surface area contributed by atoms with Crippen LogP contribution in [0.5, 0.6) is 0 Å². The molecule has 1 aliphatic rings. The molecule has 1 saturated carbocycles. The van der Waals surface area contributed by atoms with Crippen molar-refractivity contribution in [2.75, 3.05) is 27.2 Å². The number of sulfonamides is 1. The standard InChI is InChI=1S/C16H26N4O2S/c1-4-17-16(18-11-13-9-10-13)19-12-14-7-5-6-8-15(14)23(21,22)20(2)3/h5-8,13H,4,9-12H2,1-3H3,(H2,17,18,19). The number of benzene rings is 1. The summed E-state index contributed by atoms with van der Waals surface area (Å²) >= 11 is 0. The normalized spacial score (nSPS) is 15.7. The summed E-state index contributed by atoms with van der Waals surface area (Å²) in [4.78, 5) is 4.84. The second-order valence-corrected chi connectivity index (χ2v) is 8.03. The van der Waals surface area contributed by atoms with E-state index in [4.69, 9.17) is 0 Å². The zero-order valence-electron chi connectivity index (χ0n) is 14.0. The fraction of sp³-hybridized carbons (Fsp3) is 0.562. The van der Waals surface area contributed by atoms with Crippen LogP contribution in [0.2, 0.25) is 0 Å². The Morgan fingerprint density at radius 3 is 2.57 bits per heavy atom. The van der Waals surface area contributed by atoms with Gasteiger partial charge in [0.25, 0.3) is 0 Å². The van der Waals surface area contributed by atoms with Gasteiger partial charge in [-0.1, -0.05) is 18.2 Å². The summed E-state index contributed by atoms with van der Waals surface area (Å²) in [5, 5.41) is 6.51. The molecule has 0 bridgehead atoms. The minimum atomic E-state index is -3.46. The van der Waals surface area contributed by atoms with Crippen LogP contribution in [0.25, 0.3) is 0 Å². The minimum Gasteiger partial charge on any atom is -0.357 e. The highest BCUT2D eigenvalue weighted by Crippen LogP contribution is 2.27. The molecule has 0 unspecified atom stereocenters. The lowest BCUT2D eigenvalue weighted by Gasteiger charge is -2.15. The van der Waals surface area contributed by atoms with Gasteiger partial charge in [0.05, 0.1) is 11.4 Å². The maximum atomic E-state index is 12.4. The van der Waals surface area contributed by atoms with E-state index in [9.17, 15) is 8.42 Å². The van der Waals surface area contributed by atoms with Crippen LogP contribution < -0.4 is 10.6 Å². The molecule has 7 heteroatoms. The Bertz CT molecular complexity index is 652. The summed E-state index contributed by atoms with van der Waals surface area (Å²) in [5.74, 6) is 1.48. The summed E-state index contributed by atoms with van der Waals surface area (Å²) in [6.45, 7) is 4.03. The molecule has 0 radical (unpaired) electrons. The number of hydrogen-bond donors (Lipinski definition) is 2. The van der Waals surface area contributed by atoms with Crippen LogP contribution in [0.1, 0.15) is 25.3 Å². The van der Waals surface area contributed by atoms with Gasteiger partial charge in [0.15, 0.2) is 5.96 Å². The fourth-order valence-electron chi connectivity index (χ4n) is 2.15. The van der Waals surface area contributed by atoms with Crippen LogP contribution in [0.3, 0.4) is 0 Å². The molecule has 0 spiro atoms. The quantitative estimate of drug-likeness (QED) is 0.582. The van der Waals surface area contributed by atoms with Gasteiger partial charge in [-0.3, -0.25) is 0 Å². The number of aliphatic imine (C=N–C) groups is 1. The van der Waals surface area contributed by atoms with Gasteiger partial charge < -0.3 is 10.6 Å². The number of hydrogen-bond acceptors (Lipinski definition) is 3. The van der Waals surface area contributed by atoms with Crippen LogP contribution in [0, 0.1) is 5.92 Å². The van der Waals surface area contributed by atoms with E-state index in [0.29, 0.717) is 17.0 Å². The first-order valence-electron chi connectivity index (χ1n) is 7.97. The van der Waals surface area contributed by atoms with Crippen molar-refractivity contribution >= 4 is 16.0 Å². The first-order chi connectivity index (χ1) is 10.9. The van der Waals surface area contributed by atoms with Crippen molar-refractivity contribution in [2.45, 2.75) is 31.2 Å². The molecule has 0 amide bonds. The highest BCUT2D eigenvalue weighted by Gasteiger charge is 2.22. The molecule has 2 N–H and O–H groups in total. The molecule has 0 aliphatic heterocycles. The predicted octanol–water partition coefficient (Wildman–Crippen LogP) is 1.40. The lowest BCUT2D eigenvalue weighted by Crippen LogP contribution is -2.38. The van der Waals surface area contributed by atoms with Gasteiger partial charge in [-0.05, 0) is 37.3 Å². The predicted molar refractivity (Wildman–Crippen MR) is 92.9 cm³/mol. The zero-order valence-corrected chi connectivity index (χ0v) is 14.9. The largest absolute Gasteiger partial charge is 0.357 e. The summed E-state index contributed by atoms with van der Waals surface area (Å²) in [7, 11) is -0.384. The number of guanidine groups is 1. The van der Waals surface area contributed by atoms with Crippen LogP contribution >= 0.6 is 0 Å². The zero-order chi connectivity index (χ0) is 16.9. The highest BCUT2D eigenvalue weighted by molar-refractivity contribution is 7.89. The molecule has 0 aromatic heterocycles. The molecule has 128 valence electrons. The third-order valence-corrected chi connectivity index (χ3v) is 5.65. The minimum absolute atomic E-state index is 0.312. The smallest absolute Gasteiger partial charge is 0.242 e. The molecule has 2 rings (SSSR count). The molecular formula is C16H26N4O2S. The van der Waals surface area contributed by atoms with Gasteiger partial charge >= 0.3 is 0 Å². The molecule has 1 aromatic rings. The monoisotopic (exact) mass is 338 g/mol. The Kier molecular flexibility index (Phi) is 6.01. The third kappa shape index (κ3) is 4.94. The molecule has 1 aromatic carbocycles. The maximum absolute atomic E-state index is 12.4. The van der Waals surface area contributed by atoms with E-state index in [1.807, 2.05) is 19.1 Å². The van der Waals surface area contributed by atoms with Crippen molar-refractivity contribution in [3.05, 3.63) is 29.8 Å². The van der Waals surface area contributed by atoms with Crippen molar-refractivity contribution in [3.63, 3.8) is 0 Å². The van der Waals surface area contributed by atoms with E-state index in [1.165, 1.54) is 31.2 Å². The van der Waals surface area contributed by atoms with E-state index in [0.717, 1.165) is 25.0 Å². The lowest BCUT2D eigenvalue weighted by molar-refractivity contribution is 0.519. The van der Waals surface area contributed by atoms with Crippen LogP contribution in [-0.4, -0.2) is 45.9 Å². The van der Waals surface area contributed by atoms with Crippen LogP contribution in [0.4, 0.5) is 0 Å². The molecule has 0 saturated heterocycles. The summed E-state index contributed by atoms with van der Waals surface area (Å²) < 4.78 is 26.0. The van der Waals surface area contributed by atoms with E-state index < -0.39 is 10.0 Å². The van der Waals surface area contributed by atoms with Crippen molar-refractivity contribution in [1.29, 1.82) is 0 Å². The van der Waals surface area contributed by atoms with Crippen LogP contribution in [0.15, 0.2) is 34.2 Å². The SMILES string of the molecule is CCNC(=NCc1ccccc1S(=O)(=O)N(C)C)NCC1CC1. The Labute approximate surface area is 139 Å². The third-order valence-electron chi connectivity index (χ3n) is 3.74. The maximum Gasteiger partial charge on any atom is 0.242 e. The van der Waals surface area contributed by atoms with Gasteiger partial charge in [-0.15, -0.1) is 0 Å². The molecular weight excluding hydrogens is 312 g/mol. The van der Waals surface area contributed by atoms with Crippen LogP contribution in [-0.2, 0) is 16.6 Å². The molecule has 0 heterocycles. The highest BCUT2D eigenvalue weighted by atomic mass is 32.2. The van der Waals surface area contributed by atoms with Gasteiger partial charge in [0.1, 0.15) is 0 Å². The average Bonchev–Trinajstić information content (AvgIpc) is 3.34. The van der Waals surface area contributed by atoms with Gasteiger partial charge in [0, 0.05) is 27.2 Å². The second kappa shape index (κ2) is 7.79. The molecule has 6 nitrogen and oxygen atoms in total. The number of nitrogens with one attached hydrogen (secondary N) is 2. The Balaban J connectivity index is 2.15. The second-order valence-electron chi connectivity index (χ2n) is 5.91. The molecule has 23 heavy (non-hydrogen) atoms.